The summed E-state index contributed by atoms with van der Waals surface area (Å²) in [5, 5.41) is 0. The van der Waals surface area contributed by atoms with Gasteiger partial charge in [0, 0.05) is 0 Å². The van der Waals surface area contributed by atoms with Crippen molar-refractivity contribution in [2.45, 2.75) is 25.0 Å². The number of halogens is 4. The number of rotatable bonds is 4. The van der Waals surface area contributed by atoms with Crippen molar-refractivity contribution in [1.82, 2.24) is 0 Å². The molecule has 0 amide bonds. The van der Waals surface area contributed by atoms with E-state index in [0.717, 1.165) is 12.1 Å². The first-order valence-electron chi connectivity index (χ1n) is 4.86. The van der Waals surface area contributed by atoms with Gasteiger partial charge >= 0.3 is 15.6 Å². The quantitative estimate of drug-likeness (QED) is 0.485. The van der Waals surface area contributed by atoms with Gasteiger partial charge in [-0.05, 0) is 31.0 Å². The molecule has 3 nitrogen and oxygen atoms in total. The zero-order valence-electron chi connectivity index (χ0n) is 9.24. The molecule has 102 valence electrons. The molecule has 0 heterocycles. The van der Waals surface area contributed by atoms with Gasteiger partial charge in [-0.15, -0.1) is 0 Å². The summed E-state index contributed by atoms with van der Waals surface area (Å²) in [6.07, 6.45) is -1.27. The average molecular weight is 286 g/mol. The highest BCUT2D eigenvalue weighted by Gasteiger charge is 2.48. The molecule has 0 aliphatic rings. The highest BCUT2D eigenvalue weighted by Crippen LogP contribution is 2.26. The molecule has 0 spiro atoms. The maximum absolute atomic E-state index is 12.6. The molecule has 1 aromatic carbocycles. The fraction of sp³-hybridized carbons (Fsp3) is 0.400. The highest BCUT2D eigenvalue weighted by molar-refractivity contribution is 7.87. The second-order valence-electron chi connectivity index (χ2n) is 3.64. The van der Waals surface area contributed by atoms with Gasteiger partial charge in [0.15, 0.2) is 0 Å². The fourth-order valence-electron chi connectivity index (χ4n) is 1.26. The molecule has 1 rings (SSSR count). The van der Waals surface area contributed by atoms with Crippen LogP contribution in [-0.2, 0) is 20.7 Å². The molecule has 0 saturated carbocycles. The molecule has 1 aromatic rings. The Morgan fingerprint density at radius 1 is 1.22 bits per heavy atom. The summed E-state index contributed by atoms with van der Waals surface area (Å²) < 4.78 is 74.0. The minimum absolute atomic E-state index is 0.0738. The number of hydrogen-bond acceptors (Lipinski definition) is 3. The first kappa shape index (κ1) is 14.9. The molecule has 0 aromatic heterocycles. The summed E-state index contributed by atoms with van der Waals surface area (Å²) in [6.45, 7) is 1.19. The van der Waals surface area contributed by atoms with Gasteiger partial charge in [-0.3, -0.25) is 4.18 Å². The average Bonchev–Trinajstić information content (AvgIpc) is 2.19. The van der Waals surface area contributed by atoms with Crippen LogP contribution in [-0.4, -0.2) is 20.0 Å². The Morgan fingerprint density at radius 2 is 1.72 bits per heavy atom. The van der Waals surface area contributed by atoms with Gasteiger partial charge in [0.05, 0.1) is 6.10 Å². The Bertz CT molecular complexity index is 493. The van der Waals surface area contributed by atoms with Crippen molar-refractivity contribution >= 4 is 10.1 Å². The summed E-state index contributed by atoms with van der Waals surface area (Å²) in [5.41, 5.74) is -4.97. The molecule has 0 radical (unpaired) electrons. The van der Waals surface area contributed by atoms with Crippen molar-refractivity contribution in [2.24, 2.45) is 0 Å². The van der Waals surface area contributed by atoms with Crippen LogP contribution in [0.15, 0.2) is 24.3 Å². The van der Waals surface area contributed by atoms with Crippen LogP contribution in [0.4, 0.5) is 17.6 Å². The van der Waals surface area contributed by atoms with E-state index >= 15 is 0 Å². The van der Waals surface area contributed by atoms with E-state index in [1.807, 2.05) is 0 Å². The molecule has 0 bridgehead atoms. The van der Waals surface area contributed by atoms with E-state index in [-0.39, 0.29) is 6.42 Å². The van der Waals surface area contributed by atoms with E-state index in [1.165, 1.54) is 19.1 Å². The normalized spacial score (nSPS) is 14.5. The summed E-state index contributed by atoms with van der Waals surface area (Å²) in [5.74, 6) is -0.491. The van der Waals surface area contributed by atoms with Gasteiger partial charge in [-0.2, -0.15) is 21.6 Å². The highest BCUT2D eigenvalue weighted by atomic mass is 32.2. The number of alkyl halides is 3. The van der Waals surface area contributed by atoms with Crippen LogP contribution in [0, 0.1) is 5.82 Å². The Labute approximate surface area is 102 Å². The predicted octanol–water partition coefficient (Wildman–Crippen LogP) is 2.62. The van der Waals surface area contributed by atoms with E-state index in [9.17, 15) is 26.0 Å². The Morgan fingerprint density at radius 3 is 2.17 bits per heavy atom. The SMILES string of the molecule is CC(Cc1ccc(F)cc1)OS(=O)(=O)C(F)(F)F. The van der Waals surface area contributed by atoms with Gasteiger partial charge in [-0.1, -0.05) is 12.1 Å². The van der Waals surface area contributed by atoms with Crippen LogP contribution in [0.1, 0.15) is 12.5 Å². The molecular weight excluding hydrogens is 276 g/mol. The van der Waals surface area contributed by atoms with E-state index in [2.05, 4.69) is 4.18 Å². The third kappa shape index (κ3) is 3.95. The number of benzene rings is 1. The molecule has 18 heavy (non-hydrogen) atoms. The summed E-state index contributed by atoms with van der Waals surface area (Å²) in [6, 6.07) is 4.94. The van der Waals surface area contributed by atoms with Crippen molar-refractivity contribution in [2.75, 3.05) is 0 Å². The molecule has 0 N–H and O–H groups in total. The second kappa shape index (κ2) is 5.23. The van der Waals surface area contributed by atoms with E-state index < -0.39 is 27.5 Å². The fourth-order valence-corrected chi connectivity index (χ4v) is 1.87. The maximum atomic E-state index is 12.6. The van der Waals surface area contributed by atoms with Crippen molar-refractivity contribution in [3.63, 3.8) is 0 Å². The van der Waals surface area contributed by atoms with E-state index in [1.54, 1.807) is 0 Å². The van der Waals surface area contributed by atoms with Crippen molar-refractivity contribution < 1.29 is 30.2 Å². The van der Waals surface area contributed by atoms with Gasteiger partial charge in [-0.25, -0.2) is 4.39 Å². The predicted molar refractivity (Wildman–Crippen MR) is 55.6 cm³/mol. The first-order valence-corrected chi connectivity index (χ1v) is 6.26. The first-order chi connectivity index (χ1) is 8.12. The lowest BCUT2D eigenvalue weighted by Crippen LogP contribution is -2.29. The standard InChI is InChI=1S/C10H10F4O3S/c1-7(17-18(15,16)10(12,13)14)6-8-2-4-9(11)5-3-8/h2-5,7H,6H2,1H3. The lowest BCUT2D eigenvalue weighted by molar-refractivity contribution is -0.0567. The van der Waals surface area contributed by atoms with Crippen LogP contribution in [0.3, 0.4) is 0 Å². The summed E-state index contributed by atoms with van der Waals surface area (Å²) >= 11 is 0. The zero-order valence-corrected chi connectivity index (χ0v) is 10.1. The minimum Gasteiger partial charge on any atom is -0.260 e. The molecule has 0 aliphatic heterocycles. The van der Waals surface area contributed by atoms with Crippen LogP contribution in [0.5, 0.6) is 0 Å². The van der Waals surface area contributed by atoms with Gasteiger partial charge < -0.3 is 0 Å². The Kier molecular flexibility index (Phi) is 4.33. The smallest absolute Gasteiger partial charge is 0.260 e. The lowest BCUT2D eigenvalue weighted by Gasteiger charge is -2.14. The zero-order chi connectivity index (χ0) is 14.0. The molecule has 1 unspecified atom stereocenters. The minimum atomic E-state index is -5.60. The Balaban J connectivity index is 2.68. The molecule has 0 fully saturated rings. The third-order valence-electron chi connectivity index (χ3n) is 2.01. The van der Waals surface area contributed by atoms with Crippen LogP contribution >= 0.6 is 0 Å². The maximum Gasteiger partial charge on any atom is 0.523 e. The van der Waals surface area contributed by atoms with Crippen molar-refractivity contribution in [1.29, 1.82) is 0 Å². The molecule has 1 atom stereocenters. The monoisotopic (exact) mass is 286 g/mol. The van der Waals surface area contributed by atoms with Crippen LogP contribution in [0.2, 0.25) is 0 Å². The number of hydrogen-bond donors (Lipinski definition) is 0. The largest absolute Gasteiger partial charge is 0.523 e. The van der Waals surface area contributed by atoms with E-state index in [0.29, 0.717) is 5.56 Å². The molecular formula is C10H10F4O3S. The lowest BCUT2D eigenvalue weighted by atomic mass is 10.1. The van der Waals surface area contributed by atoms with Crippen LogP contribution in [0.25, 0.3) is 0 Å². The van der Waals surface area contributed by atoms with Crippen molar-refractivity contribution in [3.05, 3.63) is 35.6 Å². The van der Waals surface area contributed by atoms with Gasteiger partial charge in [0.25, 0.3) is 0 Å². The summed E-state index contributed by atoms with van der Waals surface area (Å²) in [7, 11) is -5.60. The molecule has 0 aliphatic carbocycles. The Hall–Kier alpha value is -1.15. The topological polar surface area (TPSA) is 43.4 Å². The van der Waals surface area contributed by atoms with Crippen LogP contribution < -0.4 is 0 Å². The molecule has 0 saturated heterocycles. The summed E-state index contributed by atoms with van der Waals surface area (Å²) in [4.78, 5) is 0. The van der Waals surface area contributed by atoms with Crippen molar-refractivity contribution in [3.8, 4) is 0 Å². The third-order valence-corrected chi connectivity index (χ3v) is 3.16. The second-order valence-corrected chi connectivity index (χ2v) is 5.20. The van der Waals surface area contributed by atoms with E-state index in [4.69, 9.17) is 0 Å². The molecule has 8 heteroatoms. The van der Waals surface area contributed by atoms with Gasteiger partial charge in [0.2, 0.25) is 0 Å². The van der Waals surface area contributed by atoms with Gasteiger partial charge in [0.1, 0.15) is 5.82 Å².